The quantitative estimate of drug-likeness (QED) is 0.111. The molecule has 13 nitrogen and oxygen atoms in total. The van der Waals surface area contributed by atoms with Crippen molar-refractivity contribution in [3.8, 4) is 22.6 Å². The summed E-state index contributed by atoms with van der Waals surface area (Å²) in [6.07, 6.45) is 9.62. The first-order chi connectivity index (χ1) is 24.5. The number of imidazole rings is 1. The van der Waals surface area contributed by atoms with Crippen LogP contribution < -0.4 is 15.0 Å². The van der Waals surface area contributed by atoms with Crippen LogP contribution in [-0.4, -0.2) is 79.6 Å². The second-order valence-corrected chi connectivity index (χ2v) is 12.4. The number of carboxylic acids is 3. The van der Waals surface area contributed by atoms with Crippen molar-refractivity contribution in [1.82, 2.24) is 25.5 Å². The lowest BCUT2D eigenvalue weighted by Gasteiger charge is -2.36. The summed E-state index contributed by atoms with van der Waals surface area (Å²) in [5.41, 5.74) is 6.59. The summed E-state index contributed by atoms with van der Waals surface area (Å²) in [6.45, 7) is 7.41. The highest BCUT2D eigenvalue weighted by molar-refractivity contribution is 5.77. The van der Waals surface area contributed by atoms with Crippen molar-refractivity contribution >= 4 is 34.6 Å². The van der Waals surface area contributed by atoms with Crippen molar-refractivity contribution in [2.24, 2.45) is 0 Å². The van der Waals surface area contributed by atoms with Crippen LogP contribution in [0.1, 0.15) is 64.3 Å². The Morgan fingerprint density at radius 1 is 0.784 bits per heavy atom. The van der Waals surface area contributed by atoms with Crippen LogP contribution in [0.5, 0.6) is 11.5 Å². The fraction of sp³-hybridized carbons (Fsp3) is 0.342. The number of fused-ring (bicyclic) bond motifs is 1. The summed E-state index contributed by atoms with van der Waals surface area (Å²) < 4.78 is 6.34. The third-order valence-electron chi connectivity index (χ3n) is 8.41. The van der Waals surface area contributed by atoms with Crippen LogP contribution in [0.3, 0.4) is 0 Å². The van der Waals surface area contributed by atoms with E-state index in [1.807, 2.05) is 24.5 Å². The highest BCUT2D eigenvalue weighted by Crippen LogP contribution is 2.40. The Balaban J connectivity index is 0.000000426. The molecule has 2 aliphatic rings. The molecule has 0 amide bonds. The zero-order valence-corrected chi connectivity index (χ0v) is 29.2. The Hall–Kier alpha value is -5.69. The van der Waals surface area contributed by atoms with Gasteiger partial charge in [-0.1, -0.05) is 30.3 Å². The first-order valence-electron chi connectivity index (χ1n) is 16.9. The lowest BCUT2D eigenvalue weighted by Crippen LogP contribution is -2.41. The van der Waals surface area contributed by atoms with Crippen LogP contribution in [-0.2, 0) is 19.8 Å². The Morgan fingerprint density at radius 2 is 1.41 bits per heavy atom. The van der Waals surface area contributed by atoms with Crippen molar-refractivity contribution in [2.75, 3.05) is 31.1 Å². The predicted molar refractivity (Wildman–Crippen MR) is 196 cm³/mol. The van der Waals surface area contributed by atoms with E-state index in [0.29, 0.717) is 0 Å². The molecule has 0 aliphatic carbocycles. The number of H-pyrrole nitrogens is 2. The normalized spacial score (nSPS) is 14.8. The Kier molecular flexibility index (Phi) is 13.7. The number of aromatic amines is 2. The average molecular weight is 699 g/mol. The lowest BCUT2D eigenvalue weighted by molar-refractivity contribution is -0.135. The van der Waals surface area contributed by atoms with E-state index in [1.54, 1.807) is 0 Å². The van der Waals surface area contributed by atoms with Gasteiger partial charge in [-0.25, -0.2) is 4.98 Å². The minimum atomic E-state index is -0.833. The summed E-state index contributed by atoms with van der Waals surface area (Å²) >= 11 is 0. The molecule has 13 heteroatoms. The minimum absolute atomic E-state index is 0.164. The first kappa shape index (κ1) is 38.1. The number of ether oxygens (including phenoxy) is 1. The van der Waals surface area contributed by atoms with Gasteiger partial charge in [-0.15, -0.1) is 0 Å². The fourth-order valence-electron chi connectivity index (χ4n) is 6.22. The number of aliphatic carboxylic acids is 3. The first-order valence-corrected chi connectivity index (χ1v) is 16.9. The topological polar surface area (TPSA) is 194 Å². The van der Waals surface area contributed by atoms with Gasteiger partial charge in [0.15, 0.2) is 0 Å². The van der Waals surface area contributed by atoms with E-state index in [1.165, 1.54) is 30.5 Å². The standard InChI is InChI=1S/C32H34N6O.3C2H4O2/c1-2-17-38(18-3-1)26-5-4-6-27(19-26)39-28-11-12-29-30(20-28)37-31(36-29)32(13-15-33-16-14-32)25-9-7-23(8-10-25)24-21-34-35-22-24;3*1-2(3)4/h4-12,19-22,33H,1-3,13-18H2,(H,34,35)(H,36,37);3*1H3,(H,3,4). The van der Waals surface area contributed by atoms with Crippen LogP contribution in [0.15, 0.2) is 79.1 Å². The average Bonchev–Trinajstić information content (AvgIpc) is 3.80. The van der Waals surface area contributed by atoms with E-state index in [4.69, 9.17) is 39.4 Å². The summed E-state index contributed by atoms with van der Waals surface area (Å²) in [7, 11) is 0. The summed E-state index contributed by atoms with van der Waals surface area (Å²) in [5, 5.41) is 32.8. The largest absolute Gasteiger partial charge is 0.481 e. The second-order valence-electron chi connectivity index (χ2n) is 12.4. The van der Waals surface area contributed by atoms with Gasteiger partial charge < -0.3 is 35.3 Å². The molecule has 0 unspecified atom stereocenters. The maximum Gasteiger partial charge on any atom is 0.300 e. The third-order valence-corrected chi connectivity index (χ3v) is 8.41. The van der Waals surface area contributed by atoms with Crippen molar-refractivity contribution in [2.45, 2.75) is 58.3 Å². The van der Waals surface area contributed by atoms with E-state index >= 15 is 0 Å². The molecule has 0 saturated carbocycles. The van der Waals surface area contributed by atoms with Crippen molar-refractivity contribution < 1.29 is 34.4 Å². The van der Waals surface area contributed by atoms with Crippen LogP contribution in [0.2, 0.25) is 0 Å². The molecule has 2 saturated heterocycles. The number of aromatic nitrogens is 4. The minimum Gasteiger partial charge on any atom is -0.481 e. The van der Waals surface area contributed by atoms with Gasteiger partial charge in [-0.3, -0.25) is 19.5 Å². The molecule has 7 rings (SSSR count). The number of nitrogens with zero attached hydrogens (tertiary/aromatic N) is 3. The number of rotatable bonds is 6. The van der Waals surface area contributed by atoms with Gasteiger partial charge >= 0.3 is 0 Å². The van der Waals surface area contributed by atoms with Gasteiger partial charge in [-0.05, 0) is 80.6 Å². The number of benzene rings is 3. The number of hydrogen-bond donors (Lipinski definition) is 6. The number of piperidine rings is 2. The van der Waals surface area contributed by atoms with Crippen molar-refractivity contribution in [3.63, 3.8) is 0 Å². The van der Waals surface area contributed by atoms with E-state index in [-0.39, 0.29) is 5.41 Å². The molecule has 0 spiro atoms. The maximum absolute atomic E-state index is 9.00. The molecule has 270 valence electrons. The van der Waals surface area contributed by atoms with Gasteiger partial charge in [0, 0.05) is 63.4 Å². The number of carbonyl (C=O) groups is 3. The summed E-state index contributed by atoms with van der Waals surface area (Å²) in [4.78, 5) is 38.3. The SMILES string of the molecule is CC(=O)O.CC(=O)O.CC(=O)O.c1cc(Oc2ccc3nc(C4(c5ccc(-c6cn[nH]c6)cc5)CCNCC4)[nH]c3c2)cc(N2CCCCC2)c1. The zero-order chi connectivity index (χ0) is 36.8. The number of nitrogens with one attached hydrogen (secondary N) is 3. The van der Waals surface area contributed by atoms with E-state index in [9.17, 15) is 0 Å². The van der Waals surface area contributed by atoms with Gasteiger partial charge in [0.2, 0.25) is 0 Å². The van der Waals surface area contributed by atoms with Gasteiger partial charge in [0.05, 0.1) is 22.6 Å². The molecule has 2 aromatic heterocycles. The molecule has 0 radical (unpaired) electrons. The molecule has 51 heavy (non-hydrogen) atoms. The van der Waals surface area contributed by atoms with Crippen LogP contribution in [0.25, 0.3) is 22.2 Å². The maximum atomic E-state index is 9.00. The predicted octanol–water partition coefficient (Wildman–Crippen LogP) is 6.68. The molecule has 0 atom stereocenters. The molecule has 0 bridgehead atoms. The number of hydrogen-bond acceptors (Lipinski definition) is 8. The van der Waals surface area contributed by atoms with Gasteiger partial charge in [0.1, 0.15) is 17.3 Å². The summed E-state index contributed by atoms with van der Waals surface area (Å²) in [6, 6.07) is 23.5. The molecule has 6 N–H and O–H groups in total. The van der Waals surface area contributed by atoms with Crippen molar-refractivity contribution in [3.05, 3.63) is 90.5 Å². The zero-order valence-electron chi connectivity index (χ0n) is 29.2. The third kappa shape index (κ3) is 11.2. The summed E-state index contributed by atoms with van der Waals surface area (Å²) in [5.74, 6) is 0.210. The monoisotopic (exact) mass is 698 g/mol. The van der Waals surface area contributed by atoms with Crippen molar-refractivity contribution in [1.29, 1.82) is 0 Å². The number of carboxylic acid groups (broad SMARTS) is 3. The van der Waals surface area contributed by atoms with E-state index in [2.05, 4.69) is 80.0 Å². The Morgan fingerprint density at radius 3 is 2.02 bits per heavy atom. The smallest absolute Gasteiger partial charge is 0.300 e. The molecule has 2 aliphatic heterocycles. The van der Waals surface area contributed by atoms with Crippen LogP contribution >= 0.6 is 0 Å². The van der Waals surface area contributed by atoms with Gasteiger partial charge in [0.25, 0.3) is 17.9 Å². The fourth-order valence-corrected chi connectivity index (χ4v) is 6.22. The molecule has 2 fully saturated rings. The van der Waals surface area contributed by atoms with Gasteiger partial charge in [-0.2, -0.15) is 5.10 Å². The molecule has 3 aromatic carbocycles. The number of anilines is 1. The second kappa shape index (κ2) is 18.3. The highest BCUT2D eigenvalue weighted by Gasteiger charge is 2.38. The van der Waals surface area contributed by atoms with E-state index in [0.717, 1.165) is 99.3 Å². The molecular weight excluding hydrogens is 652 g/mol. The van der Waals surface area contributed by atoms with Crippen LogP contribution in [0.4, 0.5) is 5.69 Å². The molecule has 5 aromatic rings. The molecular formula is C38H46N6O7. The van der Waals surface area contributed by atoms with E-state index < -0.39 is 17.9 Å². The Bertz CT molecular complexity index is 1820. The molecule has 4 heterocycles. The lowest BCUT2D eigenvalue weighted by atomic mass is 9.72. The highest BCUT2D eigenvalue weighted by atomic mass is 16.5. The Labute approximate surface area is 296 Å². The van der Waals surface area contributed by atoms with Crippen LogP contribution in [0, 0.1) is 0 Å².